The number of anilines is 1. The van der Waals surface area contributed by atoms with Gasteiger partial charge < -0.3 is 24.2 Å². The van der Waals surface area contributed by atoms with Crippen molar-refractivity contribution in [1.29, 1.82) is 0 Å². The lowest BCUT2D eigenvalue weighted by atomic mass is 9.92. The predicted octanol–water partition coefficient (Wildman–Crippen LogP) is 1.88. The van der Waals surface area contributed by atoms with E-state index in [0.29, 0.717) is 31.7 Å². The Kier molecular flexibility index (Phi) is 6.38. The topological polar surface area (TPSA) is 96.6 Å². The molecule has 3 heterocycles. The molecule has 1 unspecified atom stereocenters. The van der Waals surface area contributed by atoms with Crippen LogP contribution in [0.2, 0.25) is 0 Å². The summed E-state index contributed by atoms with van der Waals surface area (Å²) in [5, 5.41) is 11.3. The lowest BCUT2D eigenvalue weighted by Gasteiger charge is -2.41. The minimum absolute atomic E-state index is 0.137. The summed E-state index contributed by atoms with van der Waals surface area (Å²) in [4.78, 5) is 29.7. The average molecular weight is 439 g/mol. The molecule has 3 aromatic rings. The number of aromatic nitrogens is 4. The fourth-order valence-corrected chi connectivity index (χ4v) is 4.35. The first-order chi connectivity index (χ1) is 15.4. The molecule has 9 heteroatoms. The third-order valence-electron chi connectivity index (χ3n) is 5.95. The van der Waals surface area contributed by atoms with Gasteiger partial charge in [0.25, 0.3) is 5.91 Å². The van der Waals surface area contributed by atoms with E-state index in [4.69, 9.17) is 4.74 Å². The number of hydrogen-bond acceptors (Lipinski definition) is 7. The molecule has 0 saturated carbocycles. The Labute approximate surface area is 187 Å². The SMILES string of the molecule is COCCn1cnc2cc(C(=O)N(C)CC3(O)CCCN(c4cc(C)ncn4)C3)ccc21. The third-order valence-corrected chi connectivity index (χ3v) is 5.95. The van der Waals surface area contributed by atoms with Crippen LogP contribution in [0.15, 0.2) is 36.9 Å². The highest BCUT2D eigenvalue weighted by Crippen LogP contribution is 2.26. The molecule has 1 aliphatic rings. The molecule has 170 valence electrons. The molecule has 1 aromatic carbocycles. The van der Waals surface area contributed by atoms with Gasteiger partial charge in [-0.15, -0.1) is 0 Å². The largest absolute Gasteiger partial charge is 0.386 e. The van der Waals surface area contributed by atoms with E-state index in [1.807, 2.05) is 29.7 Å². The normalized spacial score (nSPS) is 18.8. The zero-order valence-corrected chi connectivity index (χ0v) is 18.9. The molecule has 32 heavy (non-hydrogen) atoms. The highest BCUT2D eigenvalue weighted by atomic mass is 16.5. The van der Waals surface area contributed by atoms with Crippen LogP contribution in [0.3, 0.4) is 0 Å². The lowest BCUT2D eigenvalue weighted by Crippen LogP contribution is -2.54. The maximum Gasteiger partial charge on any atom is 0.253 e. The number of hydrogen-bond donors (Lipinski definition) is 1. The van der Waals surface area contributed by atoms with Crippen molar-refractivity contribution >= 4 is 22.8 Å². The summed E-state index contributed by atoms with van der Waals surface area (Å²) in [6.45, 7) is 4.70. The van der Waals surface area contributed by atoms with E-state index in [-0.39, 0.29) is 12.5 Å². The van der Waals surface area contributed by atoms with Crippen molar-refractivity contribution in [3.05, 3.63) is 48.2 Å². The Balaban J connectivity index is 1.45. The van der Waals surface area contributed by atoms with Crippen LogP contribution >= 0.6 is 0 Å². The van der Waals surface area contributed by atoms with Gasteiger partial charge in [-0.05, 0) is 38.0 Å². The zero-order valence-electron chi connectivity index (χ0n) is 18.9. The average Bonchev–Trinajstić information content (AvgIpc) is 3.19. The molecule has 4 rings (SSSR count). The van der Waals surface area contributed by atoms with Crippen LogP contribution in [0.1, 0.15) is 28.9 Å². The van der Waals surface area contributed by atoms with E-state index in [1.165, 1.54) is 0 Å². The number of amides is 1. The van der Waals surface area contributed by atoms with Crippen molar-refractivity contribution in [2.75, 3.05) is 45.3 Å². The van der Waals surface area contributed by atoms with Gasteiger partial charge in [0.15, 0.2) is 0 Å². The standard InChI is InChI=1S/C23H30N6O3/c1-17-11-21(25-15-24-17)28-8-4-7-23(31,14-28)13-27(2)22(30)18-5-6-20-19(12-18)26-16-29(20)9-10-32-3/h5-6,11-12,15-16,31H,4,7-10,13-14H2,1-3H3. The van der Waals surface area contributed by atoms with Crippen LogP contribution in [-0.2, 0) is 11.3 Å². The predicted molar refractivity (Wildman–Crippen MR) is 122 cm³/mol. The van der Waals surface area contributed by atoms with Gasteiger partial charge in [0.1, 0.15) is 12.1 Å². The summed E-state index contributed by atoms with van der Waals surface area (Å²) < 4.78 is 7.14. The molecule has 1 saturated heterocycles. The minimum atomic E-state index is -1.01. The van der Waals surface area contributed by atoms with E-state index in [1.54, 1.807) is 37.8 Å². The molecular weight excluding hydrogens is 408 g/mol. The van der Waals surface area contributed by atoms with Crippen molar-refractivity contribution in [3.63, 3.8) is 0 Å². The molecule has 1 atom stereocenters. The van der Waals surface area contributed by atoms with E-state index >= 15 is 0 Å². The monoisotopic (exact) mass is 438 g/mol. The molecular formula is C23H30N6O3. The number of fused-ring (bicyclic) bond motifs is 1. The van der Waals surface area contributed by atoms with Gasteiger partial charge in [-0.2, -0.15) is 0 Å². The number of likely N-dealkylation sites (N-methyl/N-ethyl adjacent to an activating group) is 1. The van der Waals surface area contributed by atoms with Gasteiger partial charge in [0.2, 0.25) is 0 Å². The smallest absolute Gasteiger partial charge is 0.253 e. The number of aryl methyl sites for hydroxylation is 1. The van der Waals surface area contributed by atoms with Crippen molar-refractivity contribution in [1.82, 2.24) is 24.4 Å². The van der Waals surface area contributed by atoms with E-state index in [0.717, 1.165) is 35.5 Å². The molecule has 0 bridgehead atoms. The number of carbonyl (C=O) groups is 1. The Morgan fingerprint density at radius 2 is 2.12 bits per heavy atom. The summed E-state index contributed by atoms with van der Waals surface area (Å²) in [5.74, 6) is 0.667. The van der Waals surface area contributed by atoms with Crippen molar-refractivity contribution in [2.24, 2.45) is 0 Å². The first kappa shape index (κ1) is 22.2. The number of carbonyl (C=O) groups excluding carboxylic acids is 1. The second kappa shape index (κ2) is 9.22. The van der Waals surface area contributed by atoms with Gasteiger partial charge in [-0.1, -0.05) is 0 Å². The number of piperidine rings is 1. The molecule has 1 aliphatic heterocycles. The Bertz CT molecular complexity index is 1100. The molecule has 0 aliphatic carbocycles. The van der Waals surface area contributed by atoms with Gasteiger partial charge in [0.05, 0.1) is 36.1 Å². The molecule has 1 N–H and O–H groups in total. The Morgan fingerprint density at radius 3 is 2.91 bits per heavy atom. The number of nitrogens with zero attached hydrogens (tertiary/aromatic N) is 6. The number of ether oxygens (including phenoxy) is 1. The second-order valence-corrected chi connectivity index (χ2v) is 8.56. The van der Waals surface area contributed by atoms with Crippen LogP contribution in [0.5, 0.6) is 0 Å². The summed E-state index contributed by atoms with van der Waals surface area (Å²) in [6.07, 6.45) is 4.76. The van der Waals surface area contributed by atoms with Crippen LogP contribution in [-0.4, -0.2) is 81.4 Å². The lowest BCUT2D eigenvalue weighted by molar-refractivity contribution is -0.000136. The number of methoxy groups -OCH3 is 1. The molecule has 1 fully saturated rings. The summed E-state index contributed by atoms with van der Waals surface area (Å²) >= 11 is 0. The van der Waals surface area contributed by atoms with E-state index < -0.39 is 5.60 Å². The van der Waals surface area contributed by atoms with E-state index in [2.05, 4.69) is 19.9 Å². The number of benzene rings is 1. The number of imidazole rings is 1. The van der Waals surface area contributed by atoms with Crippen LogP contribution in [0, 0.1) is 6.92 Å². The third kappa shape index (κ3) is 4.73. The summed E-state index contributed by atoms with van der Waals surface area (Å²) in [5.41, 5.74) is 2.16. The van der Waals surface area contributed by atoms with E-state index in [9.17, 15) is 9.90 Å². The van der Waals surface area contributed by atoms with Gasteiger partial charge in [0, 0.05) is 51.1 Å². The molecule has 9 nitrogen and oxygen atoms in total. The highest BCUT2D eigenvalue weighted by molar-refractivity contribution is 5.97. The number of rotatable bonds is 7. The van der Waals surface area contributed by atoms with Gasteiger partial charge in [-0.3, -0.25) is 4.79 Å². The fraction of sp³-hybridized carbons (Fsp3) is 0.478. The number of β-amino-alcohol motifs (C(OH)–C–C–N with tert-alkyl or cyclic N) is 1. The Hall–Kier alpha value is -3.04. The molecule has 2 aromatic heterocycles. The molecule has 0 spiro atoms. The summed E-state index contributed by atoms with van der Waals surface area (Å²) in [6, 6.07) is 7.44. The van der Waals surface area contributed by atoms with Crippen molar-refractivity contribution in [3.8, 4) is 0 Å². The minimum Gasteiger partial charge on any atom is -0.386 e. The van der Waals surface area contributed by atoms with Crippen molar-refractivity contribution < 1.29 is 14.6 Å². The van der Waals surface area contributed by atoms with Gasteiger partial charge in [-0.25, -0.2) is 15.0 Å². The first-order valence-corrected chi connectivity index (χ1v) is 10.8. The summed E-state index contributed by atoms with van der Waals surface area (Å²) in [7, 11) is 3.40. The fourth-order valence-electron chi connectivity index (χ4n) is 4.35. The quantitative estimate of drug-likeness (QED) is 0.602. The number of aliphatic hydroxyl groups is 1. The van der Waals surface area contributed by atoms with Crippen LogP contribution in [0.25, 0.3) is 11.0 Å². The maximum absolute atomic E-state index is 13.1. The molecule has 0 radical (unpaired) electrons. The maximum atomic E-state index is 13.1. The Morgan fingerprint density at radius 1 is 1.28 bits per heavy atom. The first-order valence-electron chi connectivity index (χ1n) is 10.8. The highest BCUT2D eigenvalue weighted by Gasteiger charge is 2.36. The van der Waals surface area contributed by atoms with Crippen LogP contribution < -0.4 is 4.90 Å². The van der Waals surface area contributed by atoms with Crippen molar-refractivity contribution in [2.45, 2.75) is 31.9 Å². The molecule has 1 amide bonds. The second-order valence-electron chi connectivity index (χ2n) is 8.56. The van der Waals surface area contributed by atoms with Crippen LogP contribution in [0.4, 0.5) is 5.82 Å². The zero-order chi connectivity index (χ0) is 22.7. The van der Waals surface area contributed by atoms with Gasteiger partial charge >= 0.3 is 0 Å².